The molecular formula is C19H19N3O2. The van der Waals surface area contributed by atoms with E-state index in [0.29, 0.717) is 11.3 Å². The van der Waals surface area contributed by atoms with Crippen molar-refractivity contribution in [3.05, 3.63) is 65.2 Å². The Balaban J connectivity index is 1.71. The van der Waals surface area contributed by atoms with E-state index in [2.05, 4.69) is 21.9 Å². The number of aryl methyl sites for hydroxylation is 1. The number of anilines is 1. The Hall–Kier alpha value is -2.95. The van der Waals surface area contributed by atoms with Crippen LogP contribution in [0.15, 0.2) is 53.6 Å². The van der Waals surface area contributed by atoms with Crippen molar-refractivity contribution in [2.24, 2.45) is 5.10 Å². The average Bonchev–Trinajstić information content (AvgIpc) is 2.59. The highest BCUT2D eigenvalue weighted by atomic mass is 16.2. The Kier molecular flexibility index (Phi) is 4.70. The molecule has 0 aromatic heterocycles. The first kappa shape index (κ1) is 15.9. The number of nitrogens with zero attached hydrogens (tertiary/aromatic N) is 1. The first-order chi connectivity index (χ1) is 11.6. The summed E-state index contributed by atoms with van der Waals surface area (Å²) in [6.07, 6.45) is 2.95. The zero-order valence-corrected chi connectivity index (χ0v) is 13.5. The first-order valence-corrected chi connectivity index (χ1v) is 7.96. The van der Waals surface area contributed by atoms with E-state index < -0.39 is 0 Å². The van der Waals surface area contributed by atoms with Crippen LogP contribution in [0.25, 0.3) is 0 Å². The zero-order chi connectivity index (χ0) is 16.9. The molecule has 122 valence electrons. The van der Waals surface area contributed by atoms with Gasteiger partial charge in [-0.15, -0.1) is 0 Å². The van der Waals surface area contributed by atoms with Crippen LogP contribution in [0.1, 0.15) is 41.3 Å². The summed E-state index contributed by atoms with van der Waals surface area (Å²) in [7, 11) is 0. The molecule has 0 saturated carbocycles. The van der Waals surface area contributed by atoms with Crippen LogP contribution in [-0.4, -0.2) is 17.5 Å². The van der Waals surface area contributed by atoms with Crippen molar-refractivity contribution in [3.8, 4) is 0 Å². The van der Waals surface area contributed by atoms with Gasteiger partial charge in [-0.05, 0) is 49.1 Å². The first-order valence-electron chi connectivity index (χ1n) is 7.96. The second-order valence-corrected chi connectivity index (χ2v) is 5.77. The summed E-state index contributed by atoms with van der Waals surface area (Å²) >= 11 is 0. The smallest absolute Gasteiger partial charge is 0.271 e. The molecule has 5 heteroatoms. The molecule has 1 aliphatic carbocycles. The number of hydrogen-bond donors (Lipinski definition) is 2. The van der Waals surface area contributed by atoms with Gasteiger partial charge >= 0.3 is 0 Å². The molecule has 1 aliphatic rings. The second kappa shape index (κ2) is 7.08. The summed E-state index contributed by atoms with van der Waals surface area (Å²) in [5.74, 6) is -0.408. The van der Waals surface area contributed by atoms with E-state index in [1.807, 2.05) is 18.2 Å². The summed E-state index contributed by atoms with van der Waals surface area (Å²) in [6, 6.07) is 14.9. The molecule has 0 fully saturated rings. The van der Waals surface area contributed by atoms with Gasteiger partial charge in [0.1, 0.15) is 0 Å². The third-order valence-electron chi connectivity index (χ3n) is 3.95. The maximum Gasteiger partial charge on any atom is 0.271 e. The third-order valence-corrected chi connectivity index (χ3v) is 3.95. The van der Waals surface area contributed by atoms with Crippen LogP contribution in [-0.2, 0) is 11.2 Å². The van der Waals surface area contributed by atoms with Gasteiger partial charge in [-0.25, -0.2) is 5.43 Å². The SMILES string of the molecule is CC(=O)Nc1ccc(C(=O)N/N=C2\CCCc3ccccc32)cc1. The topological polar surface area (TPSA) is 70.6 Å². The predicted octanol–water partition coefficient (Wildman–Crippen LogP) is 3.12. The van der Waals surface area contributed by atoms with Gasteiger partial charge in [-0.2, -0.15) is 5.10 Å². The average molecular weight is 321 g/mol. The third kappa shape index (κ3) is 3.68. The van der Waals surface area contributed by atoms with Crippen LogP contribution < -0.4 is 10.7 Å². The summed E-state index contributed by atoms with van der Waals surface area (Å²) in [6.45, 7) is 1.44. The van der Waals surface area contributed by atoms with Gasteiger partial charge in [0.2, 0.25) is 5.91 Å². The lowest BCUT2D eigenvalue weighted by molar-refractivity contribution is -0.114. The summed E-state index contributed by atoms with van der Waals surface area (Å²) < 4.78 is 0. The van der Waals surface area contributed by atoms with Gasteiger partial charge in [0, 0.05) is 23.7 Å². The molecule has 5 nitrogen and oxygen atoms in total. The molecule has 0 bridgehead atoms. The second-order valence-electron chi connectivity index (χ2n) is 5.77. The highest BCUT2D eigenvalue weighted by Crippen LogP contribution is 2.21. The fourth-order valence-electron chi connectivity index (χ4n) is 2.81. The Morgan fingerprint density at radius 3 is 2.50 bits per heavy atom. The fourth-order valence-corrected chi connectivity index (χ4v) is 2.81. The van der Waals surface area contributed by atoms with Gasteiger partial charge in [-0.1, -0.05) is 24.3 Å². The Bertz CT molecular complexity index is 795. The Morgan fingerprint density at radius 1 is 1.00 bits per heavy atom. The van der Waals surface area contributed by atoms with Crippen LogP contribution in [0.2, 0.25) is 0 Å². The maximum absolute atomic E-state index is 12.2. The van der Waals surface area contributed by atoms with Crippen molar-refractivity contribution in [1.29, 1.82) is 0 Å². The number of amides is 2. The molecule has 3 rings (SSSR count). The summed E-state index contributed by atoms with van der Waals surface area (Å²) in [4.78, 5) is 23.2. The number of benzene rings is 2. The zero-order valence-electron chi connectivity index (χ0n) is 13.5. The lowest BCUT2D eigenvalue weighted by Gasteiger charge is -2.17. The normalized spacial score (nSPS) is 14.8. The maximum atomic E-state index is 12.2. The van der Waals surface area contributed by atoms with E-state index in [9.17, 15) is 9.59 Å². The van der Waals surface area contributed by atoms with E-state index in [0.717, 1.165) is 30.5 Å². The molecule has 0 spiro atoms. The number of rotatable bonds is 3. The van der Waals surface area contributed by atoms with E-state index in [4.69, 9.17) is 0 Å². The predicted molar refractivity (Wildman–Crippen MR) is 94.1 cm³/mol. The van der Waals surface area contributed by atoms with Crippen LogP contribution in [0.4, 0.5) is 5.69 Å². The molecule has 2 N–H and O–H groups in total. The molecule has 0 heterocycles. The largest absolute Gasteiger partial charge is 0.326 e. The fraction of sp³-hybridized carbons (Fsp3) is 0.211. The summed E-state index contributed by atoms with van der Waals surface area (Å²) in [5.41, 5.74) is 7.10. The minimum atomic E-state index is -0.264. The van der Waals surface area contributed by atoms with E-state index in [1.54, 1.807) is 24.3 Å². The molecule has 0 saturated heterocycles. The Morgan fingerprint density at radius 2 is 1.75 bits per heavy atom. The minimum Gasteiger partial charge on any atom is -0.326 e. The van der Waals surface area contributed by atoms with E-state index in [1.165, 1.54) is 12.5 Å². The van der Waals surface area contributed by atoms with E-state index in [-0.39, 0.29) is 11.8 Å². The van der Waals surface area contributed by atoms with Crippen molar-refractivity contribution in [3.63, 3.8) is 0 Å². The highest BCUT2D eigenvalue weighted by Gasteiger charge is 2.15. The van der Waals surface area contributed by atoms with Gasteiger partial charge in [-0.3, -0.25) is 9.59 Å². The summed E-state index contributed by atoms with van der Waals surface area (Å²) in [5, 5.41) is 6.99. The number of hydrogen-bond acceptors (Lipinski definition) is 3. The molecule has 24 heavy (non-hydrogen) atoms. The Labute approximate surface area is 140 Å². The number of hydrazone groups is 1. The molecule has 0 radical (unpaired) electrons. The standard InChI is InChI=1S/C19H19N3O2/c1-13(23)20-16-11-9-15(10-12-16)19(24)22-21-18-8-4-6-14-5-2-3-7-17(14)18/h2-3,5,7,9-12H,4,6,8H2,1H3,(H,20,23)(H,22,24)/b21-18+. The molecule has 2 aromatic carbocycles. The van der Waals surface area contributed by atoms with Gasteiger partial charge in [0.25, 0.3) is 5.91 Å². The number of carbonyl (C=O) groups is 2. The van der Waals surface area contributed by atoms with Crippen LogP contribution in [0.5, 0.6) is 0 Å². The van der Waals surface area contributed by atoms with Crippen molar-refractivity contribution >= 4 is 23.2 Å². The molecule has 2 aromatic rings. The van der Waals surface area contributed by atoms with Crippen LogP contribution >= 0.6 is 0 Å². The highest BCUT2D eigenvalue weighted by molar-refractivity contribution is 6.04. The van der Waals surface area contributed by atoms with Crippen LogP contribution in [0, 0.1) is 0 Å². The van der Waals surface area contributed by atoms with E-state index >= 15 is 0 Å². The van der Waals surface area contributed by atoms with Crippen molar-refractivity contribution < 1.29 is 9.59 Å². The lowest BCUT2D eigenvalue weighted by Crippen LogP contribution is -2.22. The van der Waals surface area contributed by atoms with Gasteiger partial charge < -0.3 is 5.32 Å². The molecular weight excluding hydrogens is 302 g/mol. The number of fused-ring (bicyclic) bond motifs is 1. The molecule has 0 unspecified atom stereocenters. The van der Waals surface area contributed by atoms with Crippen LogP contribution in [0.3, 0.4) is 0 Å². The van der Waals surface area contributed by atoms with Crippen molar-refractivity contribution in [2.75, 3.05) is 5.32 Å². The monoisotopic (exact) mass is 321 g/mol. The number of carbonyl (C=O) groups excluding carboxylic acids is 2. The number of nitrogens with one attached hydrogen (secondary N) is 2. The van der Waals surface area contributed by atoms with Gasteiger partial charge in [0.05, 0.1) is 5.71 Å². The quantitative estimate of drug-likeness (QED) is 0.853. The molecule has 2 amide bonds. The minimum absolute atomic E-state index is 0.144. The van der Waals surface area contributed by atoms with Gasteiger partial charge in [0.15, 0.2) is 0 Å². The molecule has 0 aliphatic heterocycles. The lowest BCUT2D eigenvalue weighted by atomic mass is 9.90. The van der Waals surface area contributed by atoms with Crippen molar-refractivity contribution in [1.82, 2.24) is 5.43 Å². The molecule has 0 atom stereocenters. The van der Waals surface area contributed by atoms with Crippen molar-refractivity contribution in [2.45, 2.75) is 26.2 Å².